The van der Waals surface area contributed by atoms with Crippen molar-refractivity contribution >= 4 is 5.78 Å². The highest BCUT2D eigenvalue weighted by Gasteiger charge is 2.22. The summed E-state index contributed by atoms with van der Waals surface area (Å²) in [6.45, 7) is 4.34. The summed E-state index contributed by atoms with van der Waals surface area (Å²) in [6.07, 6.45) is 6.71. The summed E-state index contributed by atoms with van der Waals surface area (Å²) in [7, 11) is 0. The van der Waals surface area contributed by atoms with Gasteiger partial charge in [-0.3, -0.25) is 9.48 Å². The quantitative estimate of drug-likeness (QED) is 0.782. The molecular formula is C13H20N2O. The molecular weight excluding hydrogens is 200 g/mol. The van der Waals surface area contributed by atoms with Crippen LogP contribution in [0.5, 0.6) is 0 Å². The van der Waals surface area contributed by atoms with Crippen LogP contribution in [-0.2, 0) is 11.2 Å². The Bertz CT molecular complexity index is 370. The number of ketones is 1. The van der Waals surface area contributed by atoms with Gasteiger partial charge in [0.05, 0.1) is 5.69 Å². The van der Waals surface area contributed by atoms with Crippen molar-refractivity contribution in [3.8, 4) is 0 Å². The topological polar surface area (TPSA) is 34.9 Å². The standard InChI is InChI=1S/C13H20N2O/c1-3-10(2)15-7-6-12(14-15)8-11-4-5-13(16)9-11/h6-7,10-11H,3-5,8-9H2,1-2H3. The fourth-order valence-corrected chi connectivity index (χ4v) is 2.28. The summed E-state index contributed by atoms with van der Waals surface area (Å²) >= 11 is 0. The van der Waals surface area contributed by atoms with E-state index in [-0.39, 0.29) is 0 Å². The first-order valence-electron chi connectivity index (χ1n) is 6.24. The normalized spacial score (nSPS) is 22.6. The van der Waals surface area contributed by atoms with E-state index in [1.807, 2.05) is 4.68 Å². The maximum atomic E-state index is 11.2. The monoisotopic (exact) mass is 220 g/mol. The lowest BCUT2D eigenvalue weighted by Gasteiger charge is -2.09. The summed E-state index contributed by atoms with van der Waals surface area (Å²) in [5.41, 5.74) is 1.14. The number of hydrogen-bond donors (Lipinski definition) is 0. The van der Waals surface area contributed by atoms with Crippen LogP contribution in [0.15, 0.2) is 12.3 Å². The van der Waals surface area contributed by atoms with Crippen LogP contribution in [0.1, 0.15) is 51.3 Å². The molecule has 3 heteroatoms. The maximum Gasteiger partial charge on any atom is 0.133 e. The van der Waals surface area contributed by atoms with Gasteiger partial charge in [-0.25, -0.2) is 0 Å². The predicted octanol–water partition coefficient (Wildman–Crippen LogP) is 2.77. The van der Waals surface area contributed by atoms with E-state index in [9.17, 15) is 4.79 Å². The van der Waals surface area contributed by atoms with E-state index in [2.05, 4.69) is 31.2 Å². The summed E-state index contributed by atoms with van der Waals surface area (Å²) in [5, 5.41) is 4.57. The van der Waals surface area contributed by atoms with Crippen molar-refractivity contribution < 1.29 is 4.79 Å². The van der Waals surface area contributed by atoms with Gasteiger partial charge in [-0.15, -0.1) is 0 Å². The lowest BCUT2D eigenvalue weighted by molar-refractivity contribution is -0.117. The number of carbonyl (C=O) groups excluding carboxylic acids is 1. The van der Waals surface area contributed by atoms with Gasteiger partial charge < -0.3 is 0 Å². The van der Waals surface area contributed by atoms with Crippen LogP contribution in [-0.4, -0.2) is 15.6 Å². The molecule has 0 N–H and O–H groups in total. The predicted molar refractivity (Wildman–Crippen MR) is 63.3 cm³/mol. The molecule has 2 unspecified atom stereocenters. The molecule has 1 aliphatic carbocycles. The number of rotatable bonds is 4. The number of aromatic nitrogens is 2. The third kappa shape index (κ3) is 2.52. The minimum Gasteiger partial charge on any atom is -0.300 e. The molecule has 88 valence electrons. The Kier molecular flexibility index (Phi) is 3.42. The minimum absolute atomic E-state index is 0.423. The summed E-state index contributed by atoms with van der Waals surface area (Å²) in [6, 6.07) is 2.56. The van der Waals surface area contributed by atoms with Crippen LogP contribution in [0.25, 0.3) is 0 Å². The first-order chi connectivity index (χ1) is 7.69. The summed E-state index contributed by atoms with van der Waals surface area (Å²) < 4.78 is 2.03. The van der Waals surface area contributed by atoms with Crippen molar-refractivity contribution in [3.05, 3.63) is 18.0 Å². The van der Waals surface area contributed by atoms with Gasteiger partial charge in [-0.2, -0.15) is 5.10 Å². The zero-order chi connectivity index (χ0) is 11.5. The number of nitrogens with zero attached hydrogens (tertiary/aromatic N) is 2. The highest BCUT2D eigenvalue weighted by Crippen LogP contribution is 2.25. The smallest absolute Gasteiger partial charge is 0.133 e. The van der Waals surface area contributed by atoms with E-state index in [0.717, 1.165) is 37.8 Å². The van der Waals surface area contributed by atoms with Gasteiger partial charge in [0.1, 0.15) is 5.78 Å². The first-order valence-corrected chi connectivity index (χ1v) is 6.24. The van der Waals surface area contributed by atoms with Crippen molar-refractivity contribution in [2.75, 3.05) is 0 Å². The molecule has 0 aliphatic heterocycles. The molecule has 3 nitrogen and oxygen atoms in total. The van der Waals surface area contributed by atoms with Crippen molar-refractivity contribution in [3.63, 3.8) is 0 Å². The Morgan fingerprint density at radius 1 is 1.62 bits per heavy atom. The fourth-order valence-electron chi connectivity index (χ4n) is 2.28. The van der Waals surface area contributed by atoms with Crippen LogP contribution in [0.4, 0.5) is 0 Å². The van der Waals surface area contributed by atoms with E-state index in [1.165, 1.54) is 0 Å². The van der Waals surface area contributed by atoms with Crippen LogP contribution >= 0.6 is 0 Å². The zero-order valence-corrected chi connectivity index (χ0v) is 10.1. The van der Waals surface area contributed by atoms with Crippen molar-refractivity contribution in [2.24, 2.45) is 5.92 Å². The number of Topliss-reactive ketones (excluding diaryl/α,β-unsaturated/α-hetero) is 1. The second-order valence-corrected chi connectivity index (χ2v) is 4.90. The molecule has 16 heavy (non-hydrogen) atoms. The van der Waals surface area contributed by atoms with Crippen molar-refractivity contribution in [1.29, 1.82) is 0 Å². The summed E-state index contributed by atoms with van der Waals surface area (Å²) in [4.78, 5) is 11.2. The Balaban J connectivity index is 1.95. The second kappa shape index (κ2) is 4.81. The van der Waals surface area contributed by atoms with Crippen LogP contribution in [0, 0.1) is 5.92 Å². The largest absolute Gasteiger partial charge is 0.300 e. The lowest BCUT2D eigenvalue weighted by atomic mass is 10.0. The van der Waals surface area contributed by atoms with E-state index in [1.54, 1.807) is 0 Å². The zero-order valence-electron chi connectivity index (χ0n) is 10.1. The maximum absolute atomic E-state index is 11.2. The van der Waals surface area contributed by atoms with E-state index < -0.39 is 0 Å². The molecule has 1 heterocycles. The molecule has 2 atom stereocenters. The molecule has 1 fully saturated rings. The highest BCUT2D eigenvalue weighted by molar-refractivity contribution is 5.80. The molecule has 1 aliphatic rings. The SMILES string of the molecule is CCC(C)n1ccc(CC2CCC(=O)C2)n1. The molecule has 0 bridgehead atoms. The van der Waals surface area contributed by atoms with Crippen LogP contribution in [0.3, 0.4) is 0 Å². The Morgan fingerprint density at radius 2 is 2.44 bits per heavy atom. The third-order valence-corrected chi connectivity index (χ3v) is 3.55. The molecule has 0 amide bonds. The number of carbonyl (C=O) groups is 1. The molecule has 1 saturated carbocycles. The number of hydrogen-bond acceptors (Lipinski definition) is 2. The van der Waals surface area contributed by atoms with Gasteiger partial charge in [-0.1, -0.05) is 6.92 Å². The van der Waals surface area contributed by atoms with Gasteiger partial charge in [0.15, 0.2) is 0 Å². The van der Waals surface area contributed by atoms with Crippen molar-refractivity contribution in [1.82, 2.24) is 9.78 Å². The molecule has 0 aromatic carbocycles. The van der Waals surface area contributed by atoms with Gasteiger partial charge >= 0.3 is 0 Å². The minimum atomic E-state index is 0.423. The molecule has 0 radical (unpaired) electrons. The Labute approximate surface area is 96.8 Å². The molecule has 0 spiro atoms. The van der Waals surface area contributed by atoms with E-state index in [0.29, 0.717) is 17.7 Å². The summed E-state index contributed by atoms with van der Waals surface area (Å²) in [5.74, 6) is 0.958. The van der Waals surface area contributed by atoms with Gasteiger partial charge in [-0.05, 0) is 38.2 Å². The van der Waals surface area contributed by atoms with Crippen molar-refractivity contribution in [2.45, 2.75) is 52.0 Å². The molecule has 1 aromatic rings. The average molecular weight is 220 g/mol. The van der Waals surface area contributed by atoms with Crippen LogP contribution < -0.4 is 0 Å². The fraction of sp³-hybridized carbons (Fsp3) is 0.692. The lowest BCUT2D eigenvalue weighted by Crippen LogP contribution is -2.06. The van der Waals surface area contributed by atoms with Gasteiger partial charge in [0, 0.05) is 25.1 Å². The Hall–Kier alpha value is -1.12. The highest BCUT2D eigenvalue weighted by atomic mass is 16.1. The van der Waals surface area contributed by atoms with E-state index >= 15 is 0 Å². The van der Waals surface area contributed by atoms with Gasteiger partial charge in [0.2, 0.25) is 0 Å². The molecule has 2 rings (SSSR count). The van der Waals surface area contributed by atoms with Crippen LogP contribution in [0.2, 0.25) is 0 Å². The first kappa shape index (κ1) is 11.4. The third-order valence-electron chi connectivity index (χ3n) is 3.55. The average Bonchev–Trinajstić information content (AvgIpc) is 2.87. The van der Waals surface area contributed by atoms with E-state index in [4.69, 9.17) is 0 Å². The Morgan fingerprint density at radius 3 is 3.06 bits per heavy atom. The van der Waals surface area contributed by atoms with Gasteiger partial charge in [0.25, 0.3) is 0 Å². The molecule has 0 saturated heterocycles. The molecule has 1 aromatic heterocycles. The second-order valence-electron chi connectivity index (χ2n) is 4.90.